The van der Waals surface area contributed by atoms with Gasteiger partial charge in [0.1, 0.15) is 54.1 Å². The fraction of sp³-hybridized carbons (Fsp3) is 0.510. The molecule has 0 aliphatic heterocycles. The van der Waals surface area contributed by atoms with Crippen LogP contribution in [0, 0.1) is 11.8 Å². The van der Waals surface area contributed by atoms with Gasteiger partial charge in [-0.3, -0.25) is 52.7 Å². The van der Waals surface area contributed by atoms with E-state index in [9.17, 15) is 77.6 Å². The van der Waals surface area contributed by atoms with Crippen molar-refractivity contribution in [1.29, 1.82) is 0 Å². The summed E-state index contributed by atoms with van der Waals surface area (Å²) in [6.07, 6.45) is -3.11. The summed E-state index contributed by atoms with van der Waals surface area (Å²) in [6.45, 7) is 7.88. The summed E-state index contributed by atoms with van der Waals surface area (Å²) in [5, 5.41) is 50.6. The molecule has 0 spiro atoms. The van der Waals surface area contributed by atoms with Gasteiger partial charge in [-0.25, -0.2) is 9.59 Å². The highest BCUT2D eigenvalue weighted by Crippen LogP contribution is 2.15. The topological polar surface area (TPSA) is 495 Å². The van der Waals surface area contributed by atoms with Crippen molar-refractivity contribution in [1.82, 2.24) is 47.9 Å². The number of phenolic OH excluding ortho intramolecular Hbond substituents is 1. The monoisotopic (exact) mass is 1130 g/mol. The van der Waals surface area contributed by atoms with Crippen molar-refractivity contribution in [3.63, 3.8) is 0 Å². The highest BCUT2D eigenvalue weighted by molar-refractivity contribution is 6.00. The van der Waals surface area contributed by atoms with Crippen LogP contribution in [0.2, 0.25) is 0 Å². The summed E-state index contributed by atoms with van der Waals surface area (Å²) in [5.41, 5.74) is 22.8. The Balaban J connectivity index is 2.47. The van der Waals surface area contributed by atoms with Gasteiger partial charge in [0.2, 0.25) is 59.1 Å². The molecule has 0 aromatic heterocycles. The SMILES string of the molecule is CC[C@H](C)[C@H](NC(=O)[C@H](Cc1ccc(O)cc1)NC(=O)[C@H](CC(N)=O)NC(=O)[C@H](C)NC(=O)[C@H](Cc1ccccc1)NC(=O)[C@H](CCCNC(N)=O)NC(=O)[C@H](CC(=O)O)NC(=O)[C@H](CC(N)=O)NC(=O)[C@@H](N)CC(C)C)C(=O)O. The number of carbonyl (C=O) groups excluding carboxylic acids is 11. The lowest BCUT2D eigenvalue weighted by Gasteiger charge is -2.27. The maximum Gasteiger partial charge on any atom is 0.326 e. The molecule has 0 aliphatic rings. The van der Waals surface area contributed by atoms with Gasteiger partial charge in [0.25, 0.3) is 0 Å². The number of aliphatic carboxylic acids is 2. The van der Waals surface area contributed by atoms with Crippen LogP contribution in [0.4, 0.5) is 4.79 Å². The van der Waals surface area contributed by atoms with Crippen molar-refractivity contribution in [2.24, 2.45) is 34.8 Å². The van der Waals surface area contributed by atoms with Crippen molar-refractivity contribution in [2.45, 2.75) is 147 Å². The molecule has 0 heterocycles. The Labute approximate surface area is 461 Å². The molecule has 2 aromatic rings. The van der Waals surface area contributed by atoms with Gasteiger partial charge in [-0.05, 0) is 61.3 Å². The molecular formula is C51H75N13O16. The van der Waals surface area contributed by atoms with E-state index in [1.54, 1.807) is 58.0 Å². The number of nitrogens with two attached hydrogens (primary N) is 4. The quantitative estimate of drug-likeness (QED) is 0.0295. The third-order valence-electron chi connectivity index (χ3n) is 12.2. The van der Waals surface area contributed by atoms with E-state index < -0.39 is 157 Å². The Morgan fingerprint density at radius 2 is 0.938 bits per heavy atom. The second kappa shape index (κ2) is 33.4. The van der Waals surface area contributed by atoms with E-state index in [2.05, 4.69) is 47.9 Å². The number of carboxylic acids is 2. The average Bonchev–Trinajstić information content (AvgIpc) is 3.37. The fourth-order valence-electron chi connectivity index (χ4n) is 7.72. The largest absolute Gasteiger partial charge is 0.508 e. The Morgan fingerprint density at radius 1 is 0.512 bits per heavy atom. The molecule has 2 rings (SSSR count). The van der Waals surface area contributed by atoms with E-state index >= 15 is 0 Å². The maximum absolute atomic E-state index is 14.3. The molecule has 0 unspecified atom stereocenters. The van der Waals surface area contributed by atoms with Crippen LogP contribution >= 0.6 is 0 Å². The van der Waals surface area contributed by atoms with Crippen molar-refractivity contribution < 1.29 is 77.6 Å². The standard InChI is InChI=1S/C51H75N13O16/c1-6-26(4)41(50(78)79)64-49(77)34(21-29-14-16-30(65)17-15-29)62-46(74)35(22-38(53)66)59-42(70)27(5)57-45(73)33(20-28-11-8-7-9-12-28)61-44(72)32(13-10-18-56-51(55)80)58-48(76)37(24-40(68)69)63-47(75)36(23-39(54)67)60-43(71)31(52)19-25(2)3/h7-9,11-12,14-17,25-27,31-37,41,65H,6,10,13,18-24,52H2,1-5H3,(H2,53,66)(H2,54,67)(H,57,73)(H,58,76)(H,59,70)(H,60,71)(H,61,72)(H,62,74)(H,63,75)(H,64,77)(H,68,69)(H,78,79)(H3,55,56,80)/t26-,27-,31-,32-,33-,34-,35-,36-,37-,41-/m0/s1. The summed E-state index contributed by atoms with van der Waals surface area (Å²) < 4.78 is 0. The zero-order valence-electron chi connectivity index (χ0n) is 45.1. The summed E-state index contributed by atoms with van der Waals surface area (Å²) in [4.78, 5) is 170. The molecule has 0 bridgehead atoms. The van der Waals surface area contributed by atoms with Crippen LogP contribution in [0.1, 0.15) is 90.7 Å². The Kier molecular flexibility index (Phi) is 28.1. The van der Waals surface area contributed by atoms with Crippen LogP contribution in [-0.4, -0.2) is 153 Å². The first kappa shape index (κ1) is 67.2. The van der Waals surface area contributed by atoms with Crippen LogP contribution in [0.25, 0.3) is 0 Å². The number of nitrogens with one attached hydrogen (secondary N) is 9. The molecule has 29 nitrogen and oxygen atoms in total. The molecule has 0 saturated heterocycles. The molecule has 10 atom stereocenters. The summed E-state index contributed by atoms with van der Waals surface area (Å²) in [7, 11) is 0. The number of carbonyl (C=O) groups is 13. The van der Waals surface area contributed by atoms with Crippen molar-refractivity contribution in [3.05, 3.63) is 65.7 Å². The Morgan fingerprint density at radius 3 is 1.40 bits per heavy atom. The third kappa shape index (κ3) is 24.6. The minimum Gasteiger partial charge on any atom is -0.508 e. The lowest BCUT2D eigenvalue weighted by Crippen LogP contribution is -2.61. The molecule has 0 saturated carbocycles. The summed E-state index contributed by atoms with van der Waals surface area (Å²) in [6, 6.07) is -1.67. The van der Waals surface area contributed by atoms with E-state index in [4.69, 9.17) is 22.9 Å². The zero-order chi connectivity index (χ0) is 60.4. The van der Waals surface area contributed by atoms with E-state index in [1.165, 1.54) is 31.2 Å². The molecule has 440 valence electrons. The zero-order valence-corrected chi connectivity index (χ0v) is 45.1. The molecule has 29 heteroatoms. The van der Waals surface area contributed by atoms with Crippen LogP contribution in [0.15, 0.2) is 54.6 Å². The van der Waals surface area contributed by atoms with Crippen LogP contribution in [0.3, 0.4) is 0 Å². The van der Waals surface area contributed by atoms with Gasteiger partial charge in [-0.1, -0.05) is 76.6 Å². The number of rotatable bonds is 35. The van der Waals surface area contributed by atoms with Gasteiger partial charge in [-0.2, -0.15) is 0 Å². The van der Waals surface area contributed by atoms with Crippen LogP contribution < -0.4 is 70.8 Å². The van der Waals surface area contributed by atoms with Crippen molar-refractivity contribution >= 4 is 77.0 Å². The lowest BCUT2D eigenvalue weighted by molar-refractivity contribution is -0.144. The Hall–Kier alpha value is -8.89. The number of hydrogen-bond donors (Lipinski definition) is 16. The van der Waals surface area contributed by atoms with Gasteiger partial charge >= 0.3 is 18.0 Å². The predicted molar refractivity (Wildman–Crippen MR) is 284 cm³/mol. The van der Waals surface area contributed by atoms with Crippen LogP contribution in [-0.2, 0) is 70.4 Å². The average molecular weight is 1130 g/mol. The number of aromatic hydroxyl groups is 1. The number of primary amides is 3. The van der Waals surface area contributed by atoms with Gasteiger partial charge in [0, 0.05) is 19.4 Å². The number of urea groups is 1. The first-order valence-electron chi connectivity index (χ1n) is 25.6. The number of phenols is 1. The highest BCUT2D eigenvalue weighted by Gasteiger charge is 2.36. The van der Waals surface area contributed by atoms with Gasteiger partial charge in [0.05, 0.1) is 25.3 Å². The van der Waals surface area contributed by atoms with E-state index in [0.29, 0.717) is 17.5 Å². The fourth-order valence-corrected chi connectivity index (χ4v) is 7.72. The van der Waals surface area contributed by atoms with E-state index in [0.717, 1.165) is 0 Å². The second-order valence-corrected chi connectivity index (χ2v) is 19.5. The molecule has 20 N–H and O–H groups in total. The summed E-state index contributed by atoms with van der Waals surface area (Å²) in [5.74, 6) is -14.4. The number of amides is 12. The molecule has 12 amide bonds. The molecule has 2 aromatic carbocycles. The second-order valence-electron chi connectivity index (χ2n) is 19.5. The highest BCUT2D eigenvalue weighted by atomic mass is 16.4. The maximum atomic E-state index is 14.3. The number of hydrogen-bond acceptors (Lipinski definition) is 15. The predicted octanol–water partition coefficient (Wildman–Crippen LogP) is -3.75. The number of carboxylic acid groups (broad SMARTS) is 2. The normalized spacial score (nSPS) is 14.7. The van der Waals surface area contributed by atoms with E-state index in [1.807, 2.05) is 0 Å². The summed E-state index contributed by atoms with van der Waals surface area (Å²) >= 11 is 0. The van der Waals surface area contributed by atoms with Gasteiger partial charge in [-0.15, -0.1) is 0 Å². The van der Waals surface area contributed by atoms with Gasteiger partial charge in [0.15, 0.2) is 0 Å². The lowest BCUT2D eigenvalue weighted by atomic mass is 9.98. The molecular weight excluding hydrogens is 1050 g/mol. The smallest absolute Gasteiger partial charge is 0.326 e. The minimum atomic E-state index is -1.97. The first-order chi connectivity index (χ1) is 37.5. The third-order valence-corrected chi connectivity index (χ3v) is 12.2. The molecule has 0 radical (unpaired) electrons. The molecule has 0 fully saturated rings. The van der Waals surface area contributed by atoms with E-state index in [-0.39, 0.29) is 50.3 Å². The van der Waals surface area contributed by atoms with Crippen molar-refractivity contribution in [2.75, 3.05) is 6.54 Å². The van der Waals surface area contributed by atoms with Gasteiger partial charge < -0.3 is 86.1 Å². The Bertz CT molecular complexity index is 2520. The van der Waals surface area contributed by atoms with Crippen LogP contribution in [0.5, 0.6) is 5.75 Å². The molecule has 0 aliphatic carbocycles. The minimum absolute atomic E-state index is 0.0545. The number of benzene rings is 2. The van der Waals surface area contributed by atoms with Crippen molar-refractivity contribution in [3.8, 4) is 5.75 Å². The molecule has 80 heavy (non-hydrogen) atoms. The first-order valence-corrected chi connectivity index (χ1v) is 25.6.